The lowest BCUT2D eigenvalue weighted by Gasteiger charge is -2.12. The number of benzene rings is 6. The van der Waals surface area contributed by atoms with Crippen LogP contribution in [0.25, 0.3) is 72.8 Å². The van der Waals surface area contributed by atoms with Crippen molar-refractivity contribution in [3.63, 3.8) is 0 Å². The van der Waals surface area contributed by atoms with Gasteiger partial charge < -0.3 is 0 Å². The lowest BCUT2D eigenvalue weighted by Crippen LogP contribution is -2.06. The predicted molar refractivity (Wildman–Crippen MR) is 176 cm³/mol. The minimum Gasteiger partial charge on any atom is -0.278 e. The van der Waals surface area contributed by atoms with Gasteiger partial charge in [0.15, 0.2) is 11.6 Å². The van der Waals surface area contributed by atoms with Gasteiger partial charge in [-0.15, -0.1) is 0 Å². The molecule has 0 radical (unpaired) electrons. The van der Waals surface area contributed by atoms with E-state index in [1.807, 2.05) is 84.9 Å². The standard InChI is InChI=1S/C39H26N4/c1-4-13-27(14-5-1)30-19-12-20-32(25-30)38-40-37(29-17-8-3-9-18-29)41-39(42-38)43-35-22-11-10-21-33(35)34-24-23-31(26-36(34)43)28-15-6-2-7-16-28/h1-26H/i2D,6D,7D,10D,11D,15D,16D,21D,22D. The molecule has 4 nitrogen and oxygen atoms in total. The molecule has 0 spiro atoms. The van der Waals surface area contributed by atoms with Crippen molar-refractivity contribution in [1.82, 2.24) is 19.5 Å². The van der Waals surface area contributed by atoms with Gasteiger partial charge in [0.25, 0.3) is 0 Å². The summed E-state index contributed by atoms with van der Waals surface area (Å²) in [6, 6.07) is 28.1. The fourth-order valence-electron chi connectivity index (χ4n) is 5.25. The summed E-state index contributed by atoms with van der Waals surface area (Å²) in [6.45, 7) is 0. The molecule has 2 heterocycles. The van der Waals surface area contributed by atoms with Crippen LogP contribution >= 0.6 is 0 Å². The number of hydrogen-bond acceptors (Lipinski definition) is 3. The Kier molecular flexibility index (Phi) is 4.20. The highest BCUT2D eigenvalue weighted by atomic mass is 15.2. The minimum atomic E-state index is -0.514. The Labute approximate surface area is 262 Å². The van der Waals surface area contributed by atoms with Crippen LogP contribution in [0.4, 0.5) is 0 Å². The van der Waals surface area contributed by atoms with Gasteiger partial charge in [0.2, 0.25) is 5.95 Å². The monoisotopic (exact) mass is 559 g/mol. The average molecular weight is 560 g/mol. The molecule has 2 aromatic heterocycles. The second kappa shape index (κ2) is 10.5. The predicted octanol–water partition coefficient (Wildman–Crippen LogP) is 9.64. The van der Waals surface area contributed by atoms with Gasteiger partial charge in [-0.3, -0.25) is 4.57 Å². The normalized spacial score (nSPS) is 14.2. The van der Waals surface area contributed by atoms with Crippen LogP contribution in [-0.2, 0) is 0 Å². The molecule has 8 rings (SSSR count). The number of hydrogen-bond donors (Lipinski definition) is 0. The fourth-order valence-corrected chi connectivity index (χ4v) is 5.25. The molecule has 0 atom stereocenters. The first-order valence-corrected chi connectivity index (χ1v) is 13.6. The molecule has 4 heteroatoms. The quantitative estimate of drug-likeness (QED) is 0.211. The van der Waals surface area contributed by atoms with E-state index >= 15 is 0 Å². The van der Waals surface area contributed by atoms with E-state index in [0.717, 1.165) is 11.1 Å². The Balaban J connectivity index is 1.48. The highest BCUT2D eigenvalue weighted by Crippen LogP contribution is 2.35. The Morgan fingerprint density at radius 1 is 0.419 bits per heavy atom. The minimum absolute atomic E-state index is 0.0247. The van der Waals surface area contributed by atoms with Gasteiger partial charge >= 0.3 is 0 Å². The molecule has 0 aliphatic rings. The molecule has 0 aliphatic heterocycles. The van der Waals surface area contributed by atoms with E-state index in [2.05, 4.69) is 0 Å². The Hall–Kier alpha value is -5.87. The van der Waals surface area contributed by atoms with E-state index in [-0.39, 0.29) is 52.1 Å². The van der Waals surface area contributed by atoms with Crippen LogP contribution in [0.2, 0.25) is 0 Å². The topological polar surface area (TPSA) is 43.6 Å². The van der Waals surface area contributed by atoms with Crippen LogP contribution < -0.4 is 0 Å². The van der Waals surface area contributed by atoms with Crippen LogP contribution in [0.1, 0.15) is 12.3 Å². The van der Waals surface area contributed by atoms with Crippen LogP contribution in [-0.4, -0.2) is 19.5 Å². The van der Waals surface area contributed by atoms with Gasteiger partial charge in [0.1, 0.15) is 0 Å². The maximum Gasteiger partial charge on any atom is 0.238 e. The zero-order valence-corrected chi connectivity index (χ0v) is 22.6. The molecule has 0 unspecified atom stereocenters. The SMILES string of the molecule is [2H]c1c([2H])c([2H])c(-c2ccc3c4c([2H])c([2H])c([2H])c([2H])c4n(-c4nc(-c5ccccc5)nc(-c5cccc(-c6ccccc6)c5)n4)c3c2)c([2H])c1[2H]. The Bertz CT molecular complexity index is 2700. The smallest absolute Gasteiger partial charge is 0.238 e. The number of nitrogens with zero attached hydrogens (tertiary/aromatic N) is 4. The van der Waals surface area contributed by atoms with Gasteiger partial charge in [-0.05, 0) is 40.4 Å². The van der Waals surface area contributed by atoms with E-state index < -0.39 is 30.2 Å². The van der Waals surface area contributed by atoms with Gasteiger partial charge in [0, 0.05) is 21.9 Å². The van der Waals surface area contributed by atoms with Gasteiger partial charge in [-0.1, -0.05) is 139 Å². The van der Waals surface area contributed by atoms with E-state index in [1.54, 1.807) is 22.8 Å². The van der Waals surface area contributed by atoms with Crippen molar-refractivity contribution in [3.05, 3.63) is 158 Å². The second-order valence-electron chi connectivity index (χ2n) is 9.89. The maximum absolute atomic E-state index is 9.06. The van der Waals surface area contributed by atoms with E-state index in [9.17, 15) is 0 Å². The van der Waals surface area contributed by atoms with Crippen molar-refractivity contribution in [1.29, 1.82) is 0 Å². The first-order chi connectivity index (χ1) is 25.0. The largest absolute Gasteiger partial charge is 0.278 e. The van der Waals surface area contributed by atoms with Crippen molar-refractivity contribution in [2.75, 3.05) is 0 Å². The van der Waals surface area contributed by atoms with Crippen LogP contribution in [0.3, 0.4) is 0 Å². The molecule has 43 heavy (non-hydrogen) atoms. The molecule has 0 saturated carbocycles. The van der Waals surface area contributed by atoms with Crippen LogP contribution in [0, 0.1) is 0 Å². The van der Waals surface area contributed by atoms with Crippen molar-refractivity contribution in [2.45, 2.75) is 0 Å². The second-order valence-corrected chi connectivity index (χ2v) is 9.89. The molecule has 0 amide bonds. The number of aromatic nitrogens is 4. The average Bonchev–Trinajstić information content (AvgIpc) is 3.53. The third-order valence-corrected chi connectivity index (χ3v) is 7.27. The molecule has 6 aromatic carbocycles. The molecule has 0 bridgehead atoms. The summed E-state index contributed by atoms with van der Waals surface area (Å²) in [7, 11) is 0. The zero-order valence-electron chi connectivity index (χ0n) is 31.6. The Morgan fingerprint density at radius 2 is 1.05 bits per heavy atom. The highest BCUT2D eigenvalue weighted by molar-refractivity contribution is 6.10. The van der Waals surface area contributed by atoms with Gasteiger partial charge in [0.05, 0.1) is 23.4 Å². The molecule has 0 fully saturated rings. The van der Waals surface area contributed by atoms with E-state index in [4.69, 9.17) is 27.3 Å². The number of fused-ring (bicyclic) bond motifs is 3. The summed E-state index contributed by atoms with van der Waals surface area (Å²) in [5.74, 6) is 0.708. The van der Waals surface area contributed by atoms with Crippen molar-refractivity contribution in [2.24, 2.45) is 0 Å². The molecule has 0 aliphatic carbocycles. The third-order valence-electron chi connectivity index (χ3n) is 7.27. The lowest BCUT2D eigenvalue weighted by atomic mass is 10.0. The summed E-state index contributed by atoms with van der Waals surface area (Å²) < 4.78 is 78.5. The fraction of sp³-hybridized carbons (Fsp3) is 0. The third kappa shape index (κ3) is 4.55. The molecule has 8 aromatic rings. The van der Waals surface area contributed by atoms with Crippen molar-refractivity contribution in [3.8, 4) is 51.0 Å². The molecule has 202 valence electrons. The van der Waals surface area contributed by atoms with Crippen molar-refractivity contribution < 1.29 is 12.3 Å². The number of rotatable bonds is 5. The summed E-state index contributed by atoms with van der Waals surface area (Å²) in [5.41, 5.74) is 4.05. The van der Waals surface area contributed by atoms with Gasteiger partial charge in [-0.2, -0.15) is 9.97 Å². The number of para-hydroxylation sites is 1. The molecule has 0 saturated heterocycles. The summed E-state index contributed by atoms with van der Waals surface area (Å²) in [6.07, 6.45) is 0. The van der Waals surface area contributed by atoms with Crippen molar-refractivity contribution >= 4 is 21.8 Å². The summed E-state index contributed by atoms with van der Waals surface area (Å²) in [5, 5.41) is 0.662. The lowest BCUT2D eigenvalue weighted by molar-refractivity contribution is 0.953. The van der Waals surface area contributed by atoms with E-state index in [1.165, 1.54) is 0 Å². The van der Waals surface area contributed by atoms with Crippen LogP contribution in [0.15, 0.2) is 158 Å². The molecular formula is C39H26N4. The van der Waals surface area contributed by atoms with Crippen LogP contribution in [0.5, 0.6) is 0 Å². The first kappa shape index (κ1) is 17.2. The maximum atomic E-state index is 9.06. The highest BCUT2D eigenvalue weighted by Gasteiger charge is 2.18. The Morgan fingerprint density at radius 3 is 1.84 bits per heavy atom. The first-order valence-electron chi connectivity index (χ1n) is 18.1. The zero-order chi connectivity index (χ0) is 36.4. The summed E-state index contributed by atoms with van der Waals surface area (Å²) >= 11 is 0. The molecular weight excluding hydrogens is 524 g/mol. The van der Waals surface area contributed by atoms with E-state index in [0.29, 0.717) is 33.7 Å². The van der Waals surface area contributed by atoms with Gasteiger partial charge in [-0.25, -0.2) is 4.98 Å². The molecule has 0 N–H and O–H groups in total. The summed E-state index contributed by atoms with van der Waals surface area (Å²) in [4.78, 5) is 14.7.